The molecule has 0 saturated carbocycles. The lowest BCUT2D eigenvalue weighted by atomic mass is 9.90. The van der Waals surface area contributed by atoms with Crippen LogP contribution in [0.1, 0.15) is 19.3 Å². The number of carbonyl (C=O) groups is 1. The van der Waals surface area contributed by atoms with Gasteiger partial charge in [0, 0.05) is 39.1 Å². The molecule has 2 fully saturated rings. The Labute approximate surface area is 135 Å². The van der Waals surface area contributed by atoms with Gasteiger partial charge in [0.15, 0.2) is 0 Å². The molecule has 2 aliphatic heterocycles. The Balaban J connectivity index is 1.61. The van der Waals surface area contributed by atoms with Crippen molar-refractivity contribution in [1.82, 2.24) is 4.90 Å². The first kappa shape index (κ1) is 16.2. The van der Waals surface area contributed by atoms with Gasteiger partial charge in [0.2, 0.25) is 5.60 Å². The van der Waals surface area contributed by atoms with Gasteiger partial charge in [-0.25, -0.2) is 9.18 Å². The van der Waals surface area contributed by atoms with Crippen LogP contribution < -0.4 is 4.74 Å². The van der Waals surface area contributed by atoms with Gasteiger partial charge in [-0.3, -0.25) is 0 Å². The maximum atomic E-state index is 13.0. The molecule has 0 unspecified atom stereocenters. The second-order valence-corrected chi connectivity index (χ2v) is 6.39. The van der Waals surface area contributed by atoms with Crippen molar-refractivity contribution >= 4 is 5.97 Å². The predicted octanol–water partition coefficient (Wildman–Crippen LogP) is 2.16. The maximum absolute atomic E-state index is 13.0. The number of rotatable bonds is 5. The average molecular weight is 323 g/mol. The van der Waals surface area contributed by atoms with Crippen molar-refractivity contribution in [2.24, 2.45) is 5.92 Å². The van der Waals surface area contributed by atoms with Crippen molar-refractivity contribution in [3.63, 3.8) is 0 Å². The van der Waals surface area contributed by atoms with Gasteiger partial charge in [0.05, 0.1) is 6.61 Å². The molecule has 0 radical (unpaired) electrons. The lowest BCUT2D eigenvalue weighted by Gasteiger charge is -2.39. The van der Waals surface area contributed by atoms with Crippen LogP contribution in [-0.2, 0) is 9.53 Å². The number of nitrogens with zero attached hydrogens (tertiary/aromatic N) is 1. The van der Waals surface area contributed by atoms with E-state index >= 15 is 0 Å². The average Bonchev–Trinajstić information content (AvgIpc) is 3.04. The number of halogens is 1. The summed E-state index contributed by atoms with van der Waals surface area (Å²) in [4.78, 5) is 14.0. The maximum Gasteiger partial charge on any atom is 0.348 e. The van der Waals surface area contributed by atoms with Crippen molar-refractivity contribution in [1.29, 1.82) is 0 Å². The van der Waals surface area contributed by atoms with E-state index in [1.165, 1.54) is 24.3 Å². The standard InChI is InChI=1S/C17H22FNO4/c18-14-1-3-15(4-2-14)23-17(16(20)21)6-8-19(9-7-17)11-13-5-10-22-12-13/h1-4,13H,5-12H2,(H,20,21)/t13-/m0/s1. The summed E-state index contributed by atoms with van der Waals surface area (Å²) in [6, 6.07) is 5.50. The Morgan fingerprint density at radius 3 is 2.61 bits per heavy atom. The van der Waals surface area contributed by atoms with Crippen LogP contribution in [0.15, 0.2) is 24.3 Å². The third kappa shape index (κ3) is 3.82. The molecule has 1 atom stereocenters. The summed E-state index contributed by atoms with van der Waals surface area (Å²) in [5.41, 5.74) is -1.22. The number of carboxylic acids is 1. The smallest absolute Gasteiger partial charge is 0.348 e. The first-order chi connectivity index (χ1) is 11.1. The van der Waals surface area contributed by atoms with E-state index in [-0.39, 0.29) is 5.82 Å². The molecule has 126 valence electrons. The largest absolute Gasteiger partial charge is 0.478 e. The molecule has 1 aromatic rings. The van der Waals surface area contributed by atoms with E-state index in [2.05, 4.69) is 4.90 Å². The van der Waals surface area contributed by atoms with Crippen molar-refractivity contribution in [2.45, 2.75) is 24.9 Å². The minimum atomic E-state index is -1.22. The van der Waals surface area contributed by atoms with Gasteiger partial charge in [0.1, 0.15) is 11.6 Å². The molecule has 1 N–H and O–H groups in total. The van der Waals surface area contributed by atoms with E-state index in [1.807, 2.05) is 0 Å². The molecule has 0 aliphatic carbocycles. The van der Waals surface area contributed by atoms with Gasteiger partial charge in [-0.2, -0.15) is 0 Å². The molecule has 3 rings (SSSR count). The summed E-state index contributed by atoms with van der Waals surface area (Å²) >= 11 is 0. The number of ether oxygens (including phenoxy) is 2. The van der Waals surface area contributed by atoms with Gasteiger partial charge < -0.3 is 19.5 Å². The second kappa shape index (κ2) is 6.84. The minimum absolute atomic E-state index is 0.365. The summed E-state index contributed by atoms with van der Waals surface area (Å²) in [5, 5.41) is 9.64. The van der Waals surface area contributed by atoms with Crippen LogP contribution in [-0.4, -0.2) is 54.4 Å². The van der Waals surface area contributed by atoms with E-state index < -0.39 is 11.6 Å². The highest BCUT2D eigenvalue weighted by Gasteiger charge is 2.44. The number of hydrogen-bond donors (Lipinski definition) is 1. The SMILES string of the molecule is O=C(O)C1(Oc2ccc(F)cc2)CCN(C[C@@H]2CCOC2)CC1. The highest BCUT2D eigenvalue weighted by Crippen LogP contribution is 2.30. The highest BCUT2D eigenvalue weighted by molar-refractivity contribution is 5.78. The predicted molar refractivity (Wildman–Crippen MR) is 82.0 cm³/mol. The summed E-state index contributed by atoms with van der Waals surface area (Å²) < 4.78 is 24.1. The van der Waals surface area contributed by atoms with Crippen LogP contribution in [0.2, 0.25) is 0 Å². The van der Waals surface area contributed by atoms with Crippen molar-refractivity contribution in [3.05, 3.63) is 30.1 Å². The fourth-order valence-electron chi connectivity index (χ4n) is 3.28. The summed E-state index contributed by atoms with van der Waals surface area (Å²) in [6.45, 7) is 3.94. The third-order valence-electron chi connectivity index (χ3n) is 4.72. The van der Waals surface area contributed by atoms with E-state index in [9.17, 15) is 14.3 Å². The van der Waals surface area contributed by atoms with E-state index in [0.29, 0.717) is 37.6 Å². The lowest BCUT2D eigenvalue weighted by Crippen LogP contribution is -2.53. The molecular weight excluding hydrogens is 301 g/mol. The first-order valence-corrected chi connectivity index (χ1v) is 8.05. The first-order valence-electron chi connectivity index (χ1n) is 8.05. The van der Waals surface area contributed by atoms with Crippen LogP contribution in [0.25, 0.3) is 0 Å². The van der Waals surface area contributed by atoms with Gasteiger partial charge in [-0.1, -0.05) is 0 Å². The van der Waals surface area contributed by atoms with E-state index in [4.69, 9.17) is 9.47 Å². The number of aliphatic carboxylic acids is 1. The molecule has 2 heterocycles. The molecule has 2 aliphatic rings. The van der Waals surface area contributed by atoms with Crippen LogP contribution in [0.5, 0.6) is 5.75 Å². The molecular formula is C17H22FNO4. The number of piperidine rings is 1. The van der Waals surface area contributed by atoms with Crippen molar-refractivity contribution in [2.75, 3.05) is 32.8 Å². The lowest BCUT2D eigenvalue weighted by molar-refractivity contribution is -0.159. The zero-order valence-corrected chi connectivity index (χ0v) is 13.0. The quantitative estimate of drug-likeness (QED) is 0.900. The Hall–Kier alpha value is -1.66. The highest BCUT2D eigenvalue weighted by atomic mass is 19.1. The topological polar surface area (TPSA) is 59.0 Å². The van der Waals surface area contributed by atoms with Gasteiger partial charge >= 0.3 is 5.97 Å². The Bertz CT molecular complexity index is 534. The molecule has 23 heavy (non-hydrogen) atoms. The van der Waals surface area contributed by atoms with Crippen molar-refractivity contribution < 1.29 is 23.8 Å². The normalized spacial score (nSPS) is 24.5. The molecule has 0 amide bonds. The Morgan fingerprint density at radius 2 is 2.04 bits per heavy atom. The number of benzene rings is 1. The number of hydrogen-bond acceptors (Lipinski definition) is 4. The van der Waals surface area contributed by atoms with Gasteiger partial charge in [-0.15, -0.1) is 0 Å². The summed E-state index contributed by atoms with van der Waals surface area (Å²) in [6.07, 6.45) is 1.92. The van der Waals surface area contributed by atoms with Crippen LogP contribution in [0, 0.1) is 11.7 Å². The fourth-order valence-corrected chi connectivity index (χ4v) is 3.28. The monoisotopic (exact) mass is 323 g/mol. The molecule has 6 heteroatoms. The van der Waals surface area contributed by atoms with E-state index in [1.54, 1.807) is 0 Å². The number of likely N-dealkylation sites (tertiary alicyclic amines) is 1. The van der Waals surface area contributed by atoms with Crippen LogP contribution in [0.3, 0.4) is 0 Å². The Kier molecular flexibility index (Phi) is 4.82. The molecule has 5 nitrogen and oxygen atoms in total. The molecule has 0 spiro atoms. The zero-order valence-electron chi connectivity index (χ0n) is 13.0. The Morgan fingerprint density at radius 1 is 1.35 bits per heavy atom. The third-order valence-corrected chi connectivity index (χ3v) is 4.72. The van der Waals surface area contributed by atoms with Crippen molar-refractivity contribution in [3.8, 4) is 5.75 Å². The number of carboxylic acid groups (broad SMARTS) is 1. The van der Waals surface area contributed by atoms with Gasteiger partial charge in [-0.05, 0) is 36.6 Å². The van der Waals surface area contributed by atoms with Crippen LogP contribution in [0.4, 0.5) is 4.39 Å². The second-order valence-electron chi connectivity index (χ2n) is 6.39. The van der Waals surface area contributed by atoms with Gasteiger partial charge in [0.25, 0.3) is 0 Å². The fraction of sp³-hybridized carbons (Fsp3) is 0.588. The summed E-state index contributed by atoms with van der Waals surface area (Å²) in [5.74, 6) is -0.377. The molecule has 0 bridgehead atoms. The summed E-state index contributed by atoms with van der Waals surface area (Å²) in [7, 11) is 0. The minimum Gasteiger partial charge on any atom is -0.478 e. The molecule has 1 aromatic carbocycles. The van der Waals surface area contributed by atoms with E-state index in [0.717, 1.165) is 26.2 Å². The zero-order chi connectivity index (χ0) is 16.3. The molecule has 0 aromatic heterocycles. The van der Waals surface area contributed by atoms with Crippen LogP contribution >= 0.6 is 0 Å². The molecule has 2 saturated heterocycles.